The van der Waals surface area contributed by atoms with Crippen molar-refractivity contribution in [2.45, 2.75) is 13.8 Å². The summed E-state index contributed by atoms with van der Waals surface area (Å²) in [6.45, 7) is 3.98. The number of nitrogens with zero attached hydrogens (tertiary/aromatic N) is 1. The van der Waals surface area contributed by atoms with Gasteiger partial charge in [0.25, 0.3) is 0 Å². The van der Waals surface area contributed by atoms with Gasteiger partial charge in [-0.25, -0.2) is 4.98 Å². The predicted molar refractivity (Wildman–Crippen MR) is 80.8 cm³/mol. The van der Waals surface area contributed by atoms with E-state index in [0.29, 0.717) is 21.8 Å². The molecule has 2 nitrogen and oxygen atoms in total. The molecular formula is C17H14ClNO. The molecule has 0 radical (unpaired) electrons. The molecule has 2 rings (SSSR count). The zero-order valence-corrected chi connectivity index (χ0v) is 12.1. The van der Waals surface area contributed by atoms with Gasteiger partial charge in [-0.15, -0.1) is 0 Å². The highest BCUT2D eigenvalue weighted by molar-refractivity contribution is 6.35. The lowest BCUT2D eigenvalue weighted by molar-refractivity contribution is 0.103. The first-order valence-electron chi connectivity index (χ1n) is 6.35. The van der Waals surface area contributed by atoms with Gasteiger partial charge in [-0.05, 0) is 30.2 Å². The predicted octanol–water partition coefficient (Wildman–Crippen LogP) is 3.97. The maximum Gasteiger partial charge on any atom is 0.197 e. The van der Waals surface area contributed by atoms with E-state index in [2.05, 4.69) is 16.8 Å². The maximum absolute atomic E-state index is 12.5. The van der Waals surface area contributed by atoms with Gasteiger partial charge in [0.2, 0.25) is 0 Å². The summed E-state index contributed by atoms with van der Waals surface area (Å²) in [7, 11) is 0. The Labute approximate surface area is 123 Å². The number of carbonyl (C=O) groups is 1. The summed E-state index contributed by atoms with van der Waals surface area (Å²) in [4.78, 5) is 16.7. The number of ketones is 1. The maximum atomic E-state index is 12.5. The Hall–Kier alpha value is -2.11. The van der Waals surface area contributed by atoms with E-state index in [1.54, 1.807) is 42.6 Å². The molecule has 0 saturated heterocycles. The van der Waals surface area contributed by atoms with E-state index in [4.69, 9.17) is 11.6 Å². The molecule has 0 atom stereocenters. The molecule has 1 heterocycles. The van der Waals surface area contributed by atoms with Gasteiger partial charge < -0.3 is 0 Å². The van der Waals surface area contributed by atoms with Crippen LogP contribution >= 0.6 is 11.6 Å². The lowest BCUT2D eigenvalue weighted by atomic mass is 10.0. The molecule has 1 aromatic heterocycles. The van der Waals surface area contributed by atoms with Crippen LogP contribution in [0.25, 0.3) is 0 Å². The number of rotatable bonds is 2. The Bertz CT molecular complexity index is 695. The van der Waals surface area contributed by atoms with Gasteiger partial charge in [-0.3, -0.25) is 4.79 Å². The van der Waals surface area contributed by atoms with Crippen molar-refractivity contribution < 1.29 is 4.79 Å². The number of halogens is 1. The average Bonchev–Trinajstić information content (AvgIpc) is 2.45. The molecule has 3 heteroatoms. The van der Waals surface area contributed by atoms with Crippen LogP contribution in [0.5, 0.6) is 0 Å². The minimum Gasteiger partial charge on any atom is -0.288 e. The zero-order chi connectivity index (χ0) is 14.5. The van der Waals surface area contributed by atoms with E-state index >= 15 is 0 Å². The summed E-state index contributed by atoms with van der Waals surface area (Å²) in [5.41, 5.74) is 1.44. The summed E-state index contributed by atoms with van der Waals surface area (Å²) >= 11 is 6.07. The summed E-state index contributed by atoms with van der Waals surface area (Å²) in [5, 5.41) is 0.434. The molecule has 1 aromatic carbocycles. The van der Waals surface area contributed by atoms with Crippen LogP contribution in [0.3, 0.4) is 0 Å². The third-order valence-electron chi connectivity index (χ3n) is 2.65. The monoisotopic (exact) mass is 283 g/mol. The number of carbonyl (C=O) groups excluding carboxylic acids is 1. The zero-order valence-electron chi connectivity index (χ0n) is 11.4. The van der Waals surface area contributed by atoms with Crippen molar-refractivity contribution in [3.05, 3.63) is 64.4 Å². The fourth-order valence-corrected chi connectivity index (χ4v) is 1.91. The highest BCUT2D eigenvalue weighted by Gasteiger charge is 2.15. The highest BCUT2D eigenvalue weighted by Crippen LogP contribution is 2.20. The van der Waals surface area contributed by atoms with Crippen molar-refractivity contribution >= 4 is 17.4 Å². The molecule has 0 amide bonds. The van der Waals surface area contributed by atoms with Gasteiger partial charge in [0.1, 0.15) is 5.69 Å². The van der Waals surface area contributed by atoms with Gasteiger partial charge in [-0.1, -0.05) is 43.5 Å². The molecule has 0 bridgehead atoms. The van der Waals surface area contributed by atoms with Crippen LogP contribution in [0.1, 0.15) is 35.5 Å². The summed E-state index contributed by atoms with van der Waals surface area (Å²) in [5.74, 6) is 6.05. The van der Waals surface area contributed by atoms with Gasteiger partial charge in [0.15, 0.2) is 5.78 Å². The molecule has 0 aliphatic rings. The van der Waals surface area contributed by atoms with Crippen LogP contribution in [-0.4, -0.2) is 10.8 Å². The molecule has 0 saturated carbocycles. The van der Waals surface area contributed by atoms with Crippen LogP contribution in [0.2, 0.25) is 5.02 Å². The van der Waals surface area contributed by atoms with Crippen LogP contribution in [0.15, 0.2) is 42.6 Å². The van der Waals surface area contributed by atoms with Crippen molar-refractivity contribution in [3.8, 4) is 11.8 Å². The Morgan fingerprint density at radius 2 is 1.85 bits per heavy atom. The van der Waals surface area contributed by atoms with Gasteiger partial charge >= 0.3 is 0 Å². The molecule has 0 aliphatic heterocycles. The van der Waals surface area contributed by atoms with E-state index in [9.17, 15) is 4.79 Å². The minimum absolute atomic E-state index is 0.156. The van der Waals surface area contributed by atoms with Crippen molar-refractivity contribution in [2.24, 2.45) is 5.92 Å². The van der Waals surface area contributed by atoms with E-state index in [-0.39, 0.29) is 11.7 Å². The molecule has 0 unspecified atom stereocenters. The van der Waals surface area contributed by atoms with E-state index in [1.807, 2.05) is 13.8 Å². The number of benzene rings is 1. The first-order valence-corrected chi connectivity index (χ1v) is 6.73. The van der Waals surface area contributed by atoms with E-state index in [1.165, 1.54) is 0 Å². The standard InChI is InChI=1S/C17H14ClNO/c1-12(2)9-10-16-14(7-5-11-19-16)17(20)13-6-3-4-8-15(13)18/h3-8,11-12H,1-2H3. The Kier molecular flexibility index (Phi) is 4.55. The van der Waals surface area contributed by atoms with Crippen molar-refractivity contribution in [3.63, 3.8) is 0 Å². The normalized spacial score (nSPS) is 10.0. The lowest BCUT2D eigenvalue weighted by Crippen LogP contribution is -2.06. The number of hydrogen-bond donors (Lipinski definition) is 0. The number of hydrogen-bond acceptors (Lipinski definition) is 2. The Morgan fingerprint density at radius 3 is 2.55 bits per heavy atom. The smallest absolute Gasteiger partial charge is 0.197 e. The quantitative estimate of drug-likeness (QED) is 0.616. The van der Waals surface area contributed by atoms with Crippen LogP contribution in [0, 0.1) is 17.8 Å². The molecule has 100 valence electrons. The summed E-state index contributed by atoms with van der Waals surface area (Å²) in [6, 6.07) is 10.4. The third kappa shape index (κ3) is 3.26. The summed E-state index contributed by atoms with van der Waals surface area (Å²) in [6.07, 6.45) is 1.63. The molecular weight excluding hydrogens is 270 g/mol. The van der Waals surface area contributed by atoms with E-state index in [0.717, 1.165) is 0 Å². The SMILES string of the molecule is CC(C)C#Cc1ncccc1C(=O)c1ccccc1Cl. The number of pyridine rings is 1. The number of aromatic nitrogens is 1. The fourth-order valence-electron chi connectivity index (χ4n) is 1.69. The highest BCUT2D eigenvalue weighted by atomic mass is 35.5. The summed E-state index contributed by atoms with van der Waals surface area (Å²) < 4.78 is 0. The van der Waals surface area contributed by atoms with Gasteiger partial charge in [0, 0.05) is 17.7 Å². The first-order chi connectivity index (χ1) is 9.59. The topological polar surface area (TPSA) is 30.0 Å². The molecule has 2 aromatic rings. The lowest BCUT2D eigenvalue weighted by Gasteiger charge is -2.05. The average molecular weight is 284 g/mol. The molecule has 0 aliphatic carbocycles. The molecule has 0 N–H and O–H groups in total. The van der Waals surface area contributed by atoms with E-state index < -0.39 is 0 Å². The van der Waals surface area contributed by atoms with Crippen molar-refractivity contribution in [1.82, 2.24) is 4.98 Å². The molecule has 0 fully saturated rings. The second-order valence-electron chi connectivity index (χ2n) is 4.63. The largest absolute Gasteiger partial charge is 0.288 e. The van der Waals surface area contributed by atoms with Gasteiger partial charge in [-0.2, -0.15) is 0 Å². The molecule has 0 spiro atoms. The second kappa shape index (κ2) is 6.36. The Balaban J connectivity index is 2.47. The fraction of sp³-hybridized carbons (Fsp3) is 0.176. The minimum atomic E-state index is -0.156. The van der Waals surface area contributed by atoms with Crippen LogP contribution in [0.4, 0.5) is 0 Å². The van der Waals surface area contributed by atoms with Gasteiger partial charge in [0.05, 0.1) is 10.6 Å². The third-order valence-corrected chi connectivity index (χ3v) is 2.98. The molecule has 20 heavy (non-hydrogen) atoms. The van der Waals surface area contributed by atoms with Crippen LogP contribution < -0.4 is 0 Å². The second-order valence-corrected chi connectivity index (χ2v) is 5.04. The van der Waals surface area contributed by atoms with Crippen molar-refractivity contribution in [2.75, 3.05) is 0 Å². The van der Waals surface area contributed by atoms with Crippen LogP contribution in [-0.2, 0) is 0 Å². The van der Waals surface area contributed by atoms with Crippen molar-refractivity contribution in [1.29, 1.82) is 0 Å². The first kappa shape index (κ1) is 14.3. The Morgan fingerprint density at radius 1 is 1.15 bits per heavy atom.